The lowest BCUT2D eigenvalue weighted by atomic mass is 9.76. The van der Waals surface area contributed by atoms with Crippen LogP contribution in [-0.2, 0) is 19.2 Å². The highest BCUT2D eigenvalue weighted by atomic mass is 32.2. The zero-order valence-corrected chi connectivity index (χ0v) is 11.5. The number of carboxylic acid groups (broad SMARTS) is 4. The smallest absolute Gasteiger partial charge is 0.308 e. The van der Waals surface area contributed by atoms with E-state index in [4.69, 9.17) is 0 Å². The average Bonchev–Trinajstić information content (AvgIpc) is 2.64. The van der Waals surface area contributed by atoms with Gasteiger partial charge in [0.05, 0.1) is 23.7 Å². The summed E-state index contributed by atoms with van der Waals surface area (Å²) in [5.41, 5.74) is 0. The van der Waals surface area contributed by atoms with E-state index in [0.29, 0.717) is 0 Å². The molecule has 3 fully saturated rings. The molecule has 0 amide bonds. The Labute approximate surface area is 123 Å². The average molecular weight is 318 g/mol. The van der Waals surface area contributed by atoms with Gasteiger partial charge in [0.15, 0.2) is 0 Å². The first-order valence-electron chi connectivity index (χ1n) is 6.28. The van der Waals surface area contributed by atoms with Crippen LogP contribution in [0.25, 0.3) is 0 Å². The highest BCUT2D eigenvalue weighted by Crippen LogP contribution is 2.51. The number of aliphatic carboxylic acids is 4. The van der Waals surface area contributed by atoms with E-state index in [1.165, 1.54) is 0 Å². The quantitative estimate of drug-likeness (QED) is 0.558. The lowest BCUT2D eigenvalue weighted by Gasteiger charge is -2.37. The molecular weight excluding hydrogens is 304 g/mol. The van der Waals surface area contributed by atoms with E-state index in [1.807, 2.05) is 0 Å². The Kier molecular flexibility index (Phi) is 4.13. The Hall–Kier alpha value is -1.77. The van der Waals surface area contributed by atoms with Crippen molar-refractivity contribution in [2.45, 2.75) is 11.7 Å². The number of hydrogen-bond donors (Lipinski definition) is 4. The summed E-state index contributed by atoms with van der Waals surface area (Å²) in [5.74, 6) is -11.2. The van der Waals surface area contributed by atoms with Crippen molar-refractivity contribution >= 4 is 35.6 Å². The maximum absolute atomic E-state index is 11.4. The fourth-order valence-corrected chi connectivity index (χ4v) is 5.21. The summed E-state index contributed by atoms with van der Waals surface area (Å²) in [5, 5.41) is 36.2. The van der Waals surface area contributed by atoms with E-state index in [2.05, 4.69) is 0 Å². The van der Waals surface area contributed by atoms with Gasteiger partial charge in [0, 0.05) is 5.25 Å². The summed E-state index contributed by atoms with van der Waals surface area (Å²) in [4.78, 5) is 45.6. The third-order valence-electron chi connectivity index (χ3n) is 4.31. The summed E-state index contributed by atoms with van der Waals surface area (Å²) in [6, 6.07) is 0. The Morgan fingerprint density at radius 2 is 1.29 bits per heavy atom. The fraction of sp³-hybridized carbons (Fsp3) is 0.667. The molecule has 0 aromatic rings. The van der Waals surface area contributed by atoms with Crippen LogP contribution in [-0.4, -0.2) is 55.3 Å². The molecule has 0 radical (unpaired) electrons. The van der Waals surface area contributed by atoms with Gasteiger partial charge in [0.1, 0.15) is 0 Å². The van der Waals surface area contributed by atoms with E-state index in [-0.39, 0.29) is 12.2 Å². The number of hydrogen-bond acceptors (Lipinski definition) is 5. The molecule has 6 atom stereocenters. The Balaban J connectivity index is 2.54. The van der Waals surface area contributed by atoms with Crippen molar-refractivity contribution in [3.63, 3.8) is 0 Å². The number of carboxylic acids is 4. The van der Waals surface area contributed by atoms with Crippen molar-refractivity contribution in [1.29, 1.82) is 0 Å². The van der Waals surface area contributed by atoms with E-state index in [9.17, 15) is 39.6 Å². The lowest BCUT2D eigenvalue weighted by Crippen LogP contribution is -2.48. The van der Waals surface area contributed by atoms with Crippen LogP contribution in [0.5, 0.6) is 0 Å². The second-order valence-corrected chi connectivity index (χ2v) is 6.53. The molecule has 8 nitrogen and oxygen atoms in total. The number of thioether (sulfide) groups is 1. The van der Waals surface area contributed by atoms with Gasteiger partial charge in [0.2, 0.25) is 0 Å². The predicted octanol–water partition coefficient (Wildman–Crippen LogP) is -0.0751. The highest BCUT2D eigenvalue weighted by molar-refractivity contribution is 8.00. The minimum atomic E-state index is -1.39. The Bertz CT molecular complexity index is 459. The van der Waals surface area contributed by atoms with Crippen molar-refractivity contribution < 1.29 is 39.6 Å². The summed E-state index contributed by atoms with van der Waals surface area (Å²) in [6.07, 6.45) is -0.236. The molecule has 116 valence electrons. The zero-order chi connectivity index (χ0) is 15.9. The van der Waals surface area contributed by atoms with Crippen LogP contribution in [0.4, 0.5) is 0 Å². The van der Waals surface area contributed by atoms with Crippen LogP contribution in [0.15, 0.2) is 0 Å². The first-order chi connectivity index (χ1) is 9.75. The molecule has 4 N–H and O–H groups in total. The molecule has 0 spiro atoms. The largest absolute Gasteiger partial charge is 0.481 e. The molecule has 2 aliphatic heterocycles. The highest BCUT2D eigenvalue weighted by Gasteiger charge is 2.58. The minimum absolute atomic E-state index is 0.145. The molecule has 2 heterocycles. The van der Waals surface area contributed by atoms with Gasteiger partial charge in [-0.2, -0.15) is 11.8 Å². The summed E-state index contributed by atoms with van der Waals surface area (Å²) < 4.78 is 0. The number of rotatable bonds is 4. The number of fused-ring (bicyclic) bond motifs is 4. The van der Waals surface area contributed by atoms with Gasteiger partial charge in [-0.15, -0.1) is 0 Å². The molecule has 3 aliphatic rings. The van der Waals surface area contributed by atoms with E-state index in [1.54, 1.807) is 0 Å². The number of carbonyl (C=O) groups is 4. The van der Waals surface area contributed by atoms with Gasteiger partial charge in [-0.1, -0.05) is 0 Å². The Morgan fingerprint density at radius 3 is 1.71 bits per heavy atom. The van der Waals surface area contributed by atoms with Gasteiger partial charge in [-0.05, 0) is 18.1 Å². The maximum Gasteiger partial charge on any atom is 0.308 e. The van der Waals surface area contributed by atoms with Crippen molar-refractivity contribution in [2.24, 2.45) is 29.6 Å². The van der Waals surface area contributed by atoms with Gasteiger partial charge >= 0.3 is 23.9 Å². The molecule has 9 heteroatoms. The molecule has 6 unspecified atom stereocenters. The van der Waals surface area contributed by atoms with Crippen LogP contribution in [0, 0.1) is 29.6 Å². The molecule has 2 bridgehead atoms. The Morgan fingerprint density at radius 1 is 0.762 bits per heavy atom. The van der Waals surface area contributed by atoms with Crippen LogP contribution < -0.4 is 0 Å². The molecule has 2 saturated heterocycles. The SMILES string of the molecule is O=C(O)C1CC(C(=O)O)C2SCC1C(C(=O)O)C2C(=O)O. The summed E-state index contributed by atoms with van der Waals surface area (Å²) in [7, 11) is 0. The van der Waals surface area contributed by atoms with Gasteiger partial charge in [0.25, 0.3) is 0 Å². The third-order valence-corrected chi connectivity index (χ3v) is 5.89. The van der Waals surface area contributed by atoms with Crippen LogP contribution in [0.2, 0.25) is 0 Å². The first-order valence-corrected chi connectivity index (χ1v) is 7.33. The zero-order valence-electron chi connectivity index (χ0n) is 10.7. The fourth-order valence-electron chi connectivity index (χ4n) is 3.37. The second kappa shape index (κ2) is 5.55. The molecule has 1 saturated carbocycles. The molecule has 1 aliphatic carbocycles. The predicted molar refractivity (Wildman–Crippen MR) is 68.9 cm³/mol. The van der Waals surface area contributed by atoms with Gasteiger partial charge < -0.3 is 20.4 Å². The van der Waals surface area contributed by atoms with Crippen molar-refractivity contribution in [1.82, 2.24) is 0 Å². The van der Waals surface area contributed by atoms with Gasteiger partial charge in [-0.3, -0.25) is 19.2 Å². The van der Waals surface area contributed by atoms with Gasteiger partial charge in [-0.25, -0.2) is 0 Å². The molecule has 0 aromatic carbocycles. The van der Waals surface area contributed by atoms with Crippen LogP contribution in [0.1, 0.15) is 6.42 Å². The van der Waals surface area contributed by atoms with Crippen LogP contribution >= 0.6 is 11.8 Å². The topological polar surface area (TPSA) is 149 Å². The standard InChI is InChI=1S/C12H14O8S/c13-9(14)3-1-4(10(15)16)8-7(12(19)20)6(11(17)18)5(3)2-21-8/h3-8H,1-2H2,(H,13,14)(H,15,16)(H,17,18)(H,19,20). The lowest BCUT2D eigenvalue weighted by molar-refractivity contribution is -0.158. The first kappa shape index (κ1) is 15.6. The van der Waals surface area contributed by atoms with E-state index in [0.717, 1.165) is 11.8 Å². The maximum atomic E-state index is 11.4. The monoisotopic (exact) mass is 318 g/mol. The normalized spacial score (nSPS) is 38.5. The van der Waals surface area contributed by atoms with Crippen molar-refractivity contribution in [2.75, 3.05) is 5.75 Å². The molecule has 3 rings (SSSR count). The van der Waals surface area contributed by atoms with Crippen molar-refractivity contribution in [3.8, 4) is 0 Å². The minimum Gasteiger partial charge on any atom is -0.481 e. The summed E-state index contributed by atoms with van der Waals surface area (Å²) in [6.45, 7) is 0. The summed E-state index contributed by atoms with van der Waals surface area (Å²) >= 11 is 1.06. The van der Waals surface area contributed by atoms with Crippen LogP contribution in [0.3, 0.4) is 0 Å². The second-order valence-electron chi connectivity index (χ2n) is 5.32. The van der Waals surface area contributed by atoms with E-state index < -0.39 is 58.7 Å². The third kappa shape index (κ3) is 2.57. The molecule has 0 aromatic heterocycles. The molecule has 21 heavy (non-hydrogen) atoms. The molecular formula is C12H14O8S. The van der Waals surface area contributed by atoms with E-state index >= 15 is 0 Å². The van der Waals surface area contributed by atoms with Crippen molar-refractivity contribution in [3.05, 3.63) is 0 Å².